The highest BCUT2D eigenvalue weighted by atomic mass is 28.4. The molecule has 0 bridgehead atoms. The van der Waals surface area contributed by atoms with Crippen LogP contribution in [-0.4, -0.2) is 42.2 Å². The third-order valence-electron chi connectivity index (χ3n) is 5.27. The summed E-state index contributed by atoms with van der Waals surface area (Å²) in [4.78, 5) is 10.9. The zero-order valence-electron chi connectivity index (χ0n) is 19.3. The molecule has 0 aromatic rings. The second kappa shape index (κ2) is 20.6. The summed E-state index contributed by atoms with van der Waals surface area (Å²) in [7, 11) is 1.03. The van der Waals surface area contributed by atoms with Crippen LogP contribution in [0.5, 0.6) is 0 Å². The lowest BCUT2D eigenvalue weighted by Gasteiger charge is -2.25. The molecule has 0 aromatic heterocycles. The van der Waals surface area contributed by atoms with Crippen LogP contribution in [0, 0.1) is 0 Å². The van der Waals surface area contributed by atoms with E-state index in [1.165, 1.54) is 76.7 Å². The quantitative estimate of drug-likeness (QED) is 0.0855. The Labute approximate surface area is 180 Å². The SMILES string of the molecule is C=CC(=O)OCCCCCCCCCCCCCCCC[Si](OC)(OC)OCC. The largest absolute Gasteiger partial charge is 0.500 e. The van der Waals surface area contributed by atoms with E-state index < -0.39 is 8.80 Å². The van der Waals surface area contributed by atoms with Crippen molar-refractivity contribution in [2.75, 3.05) is 27.4 Å². The van der Waals surface area contributed by atoms with Gasteiger partial charge in [-0.2, -0.15) is 0 Å². The van der Waals surface area contributed by atoms with Crippen molar-refractivity contribution >= 4 is 14.8 Å². The van der Waals surface area contributed by atoms with E-state index >= 15 is 0 Å². The third kappa shape index (κ3) is 16.8. The summed E-state index contributed by atoms with van der Waals surface area (Å²) in [6.07, 6.45) is 19.0. The Balaban J connectivity index is 3.30. The molecule has 0 saturated heterocycles. The van der Waals surface area contributed by atoms with Gasteiger partial charge in [0.05, 0.1) is 6.61 Å². The smallest absolute Gasteiger partial charge is 0.463 e. The van der Waals surface area contributed by atoms with Crippen LogP contribution in [0.15, 0.2) is 12.7 Å². The first kappa shape index (κ1) is 28.3. The van der Waals surface area contributed by atoms with Crippen molar-refractivity contribution in [1.82, 2.24) is 0 Å². The standard InChI is InChI=1S/C23H46O5Si/c1-5-23(24)27-21-19-17-15-13-11-9-7-8-10-12-14-16-18-20-22-29(25-3,26-4)28-6-2/h5H,1,6-22H2,2-4H3. The maximum atomic E-state index is 10.9. The Bertz CT molecular complexity index is 385. The minimum atomic E-state index is -2.38. The molecule has 0 fully saturated rings. The first-order valence-electron chi connectivity index (χ1n) is 11.7. The predicted molar refractivity (Wildman–Crippen MR) is 122 cm³/mol. The van der Waals surface area contributed by atoms with E-state index in [0.29, 0.717) is 13.2 Å². The number of ether oxygens (including phenoxy) is 1. The average molecular weight is 431 g/mol. The van der Waals surface area contributed by atoms with Gasteiger partial charge in [0.2, 0.25) is 0 Å². The zero-order valence-corrected chi connectivity index (χ0v) is 20.3. The summed E-state index contributed by atoms with van der Waals surface area (Å²) in [5.41, 5.74) is 0. The van der Waals surface area contributed by atoms with E-state index in [2.05, 4.69) is 6.58 Å². The van der Waals surface area contributed by atoms with E-state index in [0.717, 1.165) is 25.3 Å². The molecule has 0 saturated carbocycles. The maximum absolute atomic E-state index is 10.9. The average Bonchev–Trinajstić information content (AvgIpc) is 2.74. The van der Waals surface area contributed by atoms with Gasteiger partial charge < -0.3 is 18.0 Å². The molecule has 0 aliphatic carbocycles. The molecular weight excluding hydrogens is 384 g/mol. The number of esters is 1. The van der Waals surface area contributed by atoms with Crippen molar-refractivity contribution in [3.63, 3.8) is 0 Å². The predicted octanol–water partition coefficient (Wildman–Crippen LogP) is 6.45. The van der Waals surface area contributed by atoms with Gasteiger partial charge in [0, 0.05) is 32.9 Å². The third-order valence-corrected chi connectivity index (χ3v) is 8.21. The number of unbranched alkanes of at least 4 members (excludes halogenated alkanes) is 13. The fourth-order valence-electron chi connectivity index (χ4n) is 3.49. The molecule has 6 heteroatoms. The van der Waals surface area contributed by atoms with Crippen molar-refractivity contribution in [3.8, 4) is 0 Å². The number of rotatable bonds is 22. The Morgan fingerprint density at radius 3 is 1.55 bits per heavy atom. The van der Waals surface area contributed by atoms with E-state index in [1.54, 1.807) is 14.2 Å². The van der Waals surface area contributed by atoms with Gasteiger partial charge in [-0.3, -0.25) is 0 Å². The Morgan fingerprint density at radius 2 is 1.17 bits per heavy atom. The molecule has 0 aliphatic rings. The molecular formula is C23H46O5Si. The van der Waals surface area contributed by atoms with Crippen LogP contribution in [0.4, 0.5) is 0 Å². The summed E-state index contributed by atoms with van der Waals surface area (Å²) in [5, 5.41) is 0. The topological polar surface area (TPSA) is 54.0 Å². The van der Waals surface area contributed by atoms with E-state index in [1.807, 2.05) is 6.92 Å². The van der Waals surface area contributed by atoms with Gasteiger partial charge in [0.1, 0.15) is 0 Å². The highest BCUT2D eigenvalue weighted by Crippen LogP contribution is 2.19. The minimum Gasteiger partial charge on any atom is -0.463 e. The van der Waals surface area contributed by atoms with Gasteiger partial charge in [-0.05, 0) is 19.8 Å². The van der Waals surface area contributed by atoms with Crippen molar-refractivity contribution in [2.45, 2.75) is 103 Å². The van der Waals surface area contributed by atoms with Crippen LogP contribution in [0.1, 0.15) is 96.8 Å². The normalized spacial score (nSPS) is 11.6. The summed E-state index contributed by atoms with van der Waals surface area (Å²) in [6.45, 7) is 6.56. The first-order chi connectivity index (χ1) is 14.1. The number of hydrogen-bond donors (Lipinski definition) is 0. The van der Waals surface area contributed by atoms with E-state index in [-0.39, 0.29) is 5.97 Å². The molecule has 0 spiro atoms. The lowest BCUT2D eigenvalue weighted by molar-refractivity contribution is -0.137. The Morgan fingerprint density at radius 1 is 0.759 bits per heavy atom. The summed E-state index contributed by atoms with van der Waals surface area (Å²) in [5.74, 6) is -0.313. The van der Waals surface area contributed by atoms with Crippen LogP contribution in [-0.2, 0) is 22.8 Å². The van der Waals surface area contributed by atoms with Crippen molar-refractivity contribution in [1.29, 1.82) is 0 Å². The zero-order chi connectivity index (χ0) is 21.6. The van der Waals surface area contributed by atoms with Crippen LogP contribution in [0.3, 0.4) is 0 Å². The fraction of sp³-hybridized carbons (Fsp3) is 0.870. The molecule has 0 atom stereocenters. The Kier molecular flexibility index (Phi) is 20.1. The molecule has 0 amide bonds. The second-order valence-electron chi connectivity index (χ2n) is 7.60. The molecule has 0 unspecified atom stereocenters. The summed E-state index contributed by atoms with van der Waals surface area (Å²) in [6, 6.07) is 0.924. The first-order valence-corrected chi connectivity index (χ1v) is 13.6. The lowest BCUT2D eigenvalue weighted by atomic mass is 10.0. The Hall–Kier alpha value is -0.693. The maximum Gasteiger partial charge on any atom is 0.500 e. The molecule has 0 aromatic carbocycles. The molecule has 29 heavy (non-hydrogen) atoms. The van der Waals surface area contributed by atoms with Crippen LogP contribution in [0.2, 0.25) is 6.04 Å². The molecule has 5 nitrogen and oxygen atoms in total. The van der Waals surface area contributed by atoms with Gasteiger partial charge in [0.25, 0.3) is 0 Å². The molecule has 0 rings (SSSR count). The fourth-order valence-corrected chi connectivity index (χ4v) is 5.57. The van der Waals surface area contributed by atoms with Gasteiger partial charge in [-0.15, -0.1) is 0 Å². The minimum absolute atomic E-state index is 0.313. The monoisotopic (exact) mass is 430 g/mol. The van der Waals surface area contributed by atoms with Gasteiger partial charge in [-0.1, -0.05) is 83.6 Å². The number of carbonyl (C=O) groups is 1. The summed E-state index contributed by atoms with van der Waals surface area (Å²) >= 11 is 0. The summed E-state index contributed by atoms with van der Waals surface area (Å²) < 4.78 is 21.8. The van der Waals surface area contributed by atoms with Gasteiger partial charge >= 0.3 is 14.8 Å². The van der Waals surface area contributed by atoms with Gasteiger partial charge in [0.15, 0.2) is 0 Å². The molecule has 172 valence electrons. The van der Waals surface area contributed by atoms with Gasteiger partial charge in [-0.25, -0.2) is 4.79 Å². The van der Waals surface area contributed by atoms with Crippen molar-refractivity contribution in [3.05, 3.63) is 12.7 Å². The molecule has 0 aliphatic heterocycles. The van der Waals surface area contributed by atoms with Crippen molar-refractivity contribution < 1.29 is 22.8 Å². The molecule has 0 radical (unpaired) electrons. The molecule has 0 N–H and O–H groups in total. The number of carbonyl (C=O) groups excluding carboxylic acids is 1. The molecule has 0 heterocycles. The van der Waals surface area contributed by atoms with E-state index in [4.69, 9.17) is 18.0 Å². The number of hydrogen-bond acceptors (Lipinski definition) is 5. The van der Waals surface area contributed by atoms with E-state index in [9.17, 15) is 4.79 Å². The van der Waals surface area contributed by atoms with Crippen molar-refractivity contribution in [2.24, 2.45) is 0 Å². The lowest BCUT2D eigenvalue weighted by Crippen LogP contribution is -2.43. The second-order valence-corrected chi connectivity index (χ2v) is 10.6. The highest BCUT2D eigenvalue weighted by molar-refractivity contribution is 6.60. The van der Waals surface area contributed by atoms with Crippen LogP contribution >= 0.6 is 0 Å². The van der Waals surface area contributed by atoms with Crippen LogP contribution < -0.4 is 0 Å². The highest BCUT2D eigenvalue weighted by Gasteiger charge is 2.37. The van der Waals surface area contributed by atoms with Crippen LogP contribution in [0.25, 0.3) is 0 Å².